The maximum atomic E-state index is 13.5. The summed E-state index contributed by atoms with van der Waals surface area (Å²) in [5.41, 5.74) is 2.26. The van der Waals surface area contributed by atoms with E-state index in [1.165, 1.54) is 16.8 Å². The van der Waals surface area contributed by atoms with E-state index in [1.807, 2.05) is 31.2 Å². The molecule has 0 saturated heterocycles. The van der Waals surface area contributed by atoms with Crippen molar-refractivity contribution in [2.24, 2.45) is 0 Å². The first kappa shape index (κ1) is 30.3. The maximum absolute atomic E-state index is 13.5. The second kappa shape index (κ2) is 13.7. The highest BCUT2D eigenvalue weighted by atomic mass is 35.5. The number of rotatable bonds is 11. The van der Waals surface area contributed by atoms with E-state index in [4.69, 9.17) is 23.2 Å². The summed E-state index contributed by atoms with van der Waals surface area (Å²) in [5, 5.41) is 3.74. The largest absolute Gasteiger partial charge is 0.352 e. The topological polar surface area (TPSA) is 86.8 Å². The fourth-order valence-corrected chi connectivity index (χ4v) is 6.19. The van der Waals surface area contributed by atoms with E-state index in [0.717, 1.165) is 43.1 Å². The second-order valence-corrected chi connectivity index (χ2v) is 12.8. The van der Waals surface area contributed by atoms with Crippen LogP contribution in [-0.2, 0) is 26.2 Å². The van der Waals surface area contributed by atoms with Crippen molar-refractivity contribution in [2.45, 2.75) is 77.4 Å². The number of carbonyl (C=O) groups excluding carboxylic acids is 2. The lowest BCUT2D eigenvalue weighted by Crippen LogP contribution is -2.50. The Morgan fingerprint density at radius 2 is 1.76 bits per heavy atom. The number of nitrogens with one attached hydrogen (secondary N) is 1. The van der Waals surface area contributed by atoms with Crippen LogP contribution >= 0.6 is 23.2 Å². The third-order valence-corrected chi connectivity index (χ3v) is 8.78. The Balaban J connectivity index is 1.75. The van der Waals surface area contributed by atoms with Crippen LogP contribution in [0.3, 0.4) is 0 Å². The van der Waals surface area contributed by atoms with Gasteiger partial charge in [0, 0.05) is 30.6 Å². The van der Waals surface area contributed by atoms with E-state index in [9.17, 15) is 18.0 Å². The van der Waals surface area contributed by atoms with Gasteiger partial charge in [-0.2, -0.15) is 0 Å². The number of amides is 2. The normalized spacial score (nSPS) is 15.1. The average molecular weight is 583 g/mol. The van der Waals surface area contributed by atoms with Crippen LogP contribution in [0, 0.1) is 6.92 Å². The summed E-state index contributed by atoms with van der Waals surface area (Å²) in [6.45, 7) is 4.07. The molecule has 2 aromatic carbocycles. The molecule has 7 nitrogen and oxygen atoms in total. The number of nitrogens with zero attached hydrogens (tertiary/aromatic N) is 2. The van der Waals surface area contributed by atoms with Gasteiger partial charge < -0.3 is 10.2 Å². The first-order chi connectivity index (χ1) is 18.0. The molecule has 1 unspecified atom stereocenters. The highest BCUT2D eigenvalue weighted by molar-refractivity contribution is 7.92. The van der Waals surface area contributed by atoms with Crippen LogP contribution in [0.4, 0.5) is 5.69 Å². The minimum Gasteiger partial charge on any atom is -0.352 e. The van der Waals surface area contributed by atoms with Crippen LogP contribution in [0.25, 0.3) is 0 Å². The Morgan fingerprint density at radius 3 is 2.42 bits per heavy atom. The van der Waals surface area contributed by atoms with Gasteiger partial charge in [0.05, 0.1) is 17.0 Å². The van der Waals surface area contributed by atoms with Crippen molar-refractivity contribution in [1.29, 1.82) is 0 Å². The molecule has 0 bridgehead atoms. The molecule has 208 valence electrons. The van der Waals surface area contributed by atoms with Gasteiger partial charge in [-0.05, 0) is 62.4 Å². The molecule has 1 aliphatic rings. The molecule has 1 fully saturated rings. The van der Waals surface area contributed by atoms with Crippen LogP contribution in [-0.4, -0.2) is 50.0 Å². The fourth-order valence-electron chi connectivity index (χ4n) is 4.78. The number of anilines is 1. The van der Waals surface area contributed by atoms with Crippen molar-refractivity contribution in [2.75, 3.05) is 17.1 Å². The quantitative estimate of drug-likeness (QED) is 0.368. The van der Waals surface area contributed by atoms with Crippen molar-refractivity contribution >= 4 is 50.7 Å². The molecule has 1 saturated carbocycles. The van der Waals surface area contributed by atoms with Gasteiger partial charge in [-0.25, -0.2) is 8.42 Å². The van der Waals surface area contributed by atoms with Crippen LogP contribution in [0.2, 0.25) is 10.0 Å². The van der Waals surface area contributed by atoms with Crippen LogP contribution in [0.15, 0.2) is 42.5 Å². The second-order valence-electron chi connectivity index (χ2n) is 10.0. The van der Waals surface area contributed by atoms with E-state index >= 15 is 0 Å². The van der Waals surface area contributed by atoms with Gasteiger partial charge >= 0.3 is 0 Å². The molecule has 0 spiro atoms. The van der Waals surface area contributed by atoms with E-state index in [2.05, 4.69) is 5.32 Å². The van der Waals surface area contributed by atoms with Crippen molar-refractivity contribution < 1.29 is 18.0 Å². The molecule has 3 rings (SSSR count). The standard InChI is InChI=1S/C28H37Cl2N3O4S/c1-20-10-7-8-11-22(20)19-32(21(2)28(35)31-24-12-5-4-6-13-24)27(34)14-9-17-33(38(3,36)37)26-18-23(29)15-16-25(26)30/h7-8,10-11,15-16,18,21,24H,4-6,9,12-14,17,19H2,1-3H3,(H,31,35). The summed E-state index contributed by atoms with van der Waals surface area (Å²) < 4.78 is 26.3. The summed E-state index contributed by atoms with van der Waals surface area (Å²) >= 11 is 12.3. The highest BCUT2D eigenvalue weighted by Gasteiger charge is 2.29. The fraction of sp³-hybridized carbons (Fsp3) is 0.500. The number of aryl methyl sites for hydroxylation is 1. The van der Waals surface area contributed by atoms with Crippen LogP contribution < -0.4 is 9.62 Å². The molecule has 38 heavy (non-hydrogen) atoms. The summed E-state index contributed by atoms with van der Waals surface area (Å²) in [7, 11) is -3.67. The lowest BCUT2D eigenvalue weighted by atomic mass is 9.95. The summed E-state index contributed by atoms with van der Waals surface area (Å²) in [4.78, 5) is 28.3. The first-order valence-corrected chi connectivity index (χ1v) is 15.6. The molecule has 10 heteroatoms. The van der Waals surface area contributed by atoms with Gasteiger partial charge in [0.25, 0.3) is 0 Å². The molecule has 0 heterocycles. The molecular formula is C28H37Cl2N3O4S. The van der Waals surface area contributed by atoms with Crippen molar-refractivity contribution in [3.63, 3.8) is 0 Å². The molecule has 1 atom stereocenters. The summed E-state index contributed by atoms with van der Waals surface area (Å²) in [5.74, 6) is -0.382. The Labute approximate surface area is 236 Å². The number of carbonyl (C=O) groups is 2. The van der Waals surface area contributed by atoms with Crippen LogP contribution in [0.5, 0.6) is 0 Å². The van der Waals surface area contributed by atoms with Crippen molar-refractivity contribution in [1.82, 2.24) is 10.2 Å². The minimum atomic E-state index is -3.67. The monoisotopic (exact) mass is 581 g/mol. The zero-order valence-corrected chi connectivity index (χ0v) is 24.6. The molecular weight excluding hydrogens is 545 g/mol. The van der Waals surface area contributed by atoms with Gasteiger partial charge in [-0.15, -0.1) is 0 Å². The summed E-state index contributed by atoms with van der Waals surface area (Å²) in [6.07, 6.45) is 6.69. The Hall–Kier alpha value is -2.29. The number of halogens is 2. The molecule has 2 aromatic rings. The van der Waals surface area contributed by atoms with E-state index in [1.54, 1.807) is 24.0 Å². The summed E-state index contributed by atoms with van der Waals surface area (Å²) in [6, 6.07) is 11.9. The predicted octanol–water partition coefficient (Wildman–Crippen LogP) is 5.71. The van der Waals surface area contributed by atoms with Gasteiger partial charge in [-0.3, -0.25) is 13.9 Å². The molecule has 2 amide bonds. The third kappa shape index (κ3) is 8.35. The average Bonchev–Trinajstić information content (AvgIpc) is 2.87. The SMILES string of the molecule is Cc1ccccc1CN(C(=O)CCCN(c1cc(Cl)ccc1Cl)S(C)(=O)=O)C(C)C(=O)NC1CCCCC1. The van der Waals surface area contributed by atoms with Gasteiger partial charge in [0.15, 0.2) is 0 Å². The predicted molar refractivity (Wildman–Crippen MR) is 154 cm³/mol. The van der Waals surface area contributed by atoms with E-state index in [-0.39, 0.29) is 48.0 Å². The van der Waals surface area contributed by atoms with E-state index in [0.29, 0.717) is 11.6 Å². The minimum absolute atomic E-state index is 0.0471. The van der Waals surface area contributed by atoms with Crippen LogP contribution in [0.1, 0.15) is 63.0 Å². The zero-order valence-electron chi connectivity index (χ0n) is 22.3. The Kier molecular flexibility index (Phi) is 10.9. The number of hydrogen-bond acceptors (Lipinski definition) is 4. The Morgan fingerprint density at radius 1 is 1.08 bits per heavy atom. The first-order valence-electron chi connectivity index (χ1n) is 13.0. The molecule has 0 aliphatic heterocycles. The smallest absolute Gasteiger partial charge is 0.242 e. The van der Waals surface area contributed by atoms with Gasteiger partial charge in [-0.1, -0.05) is 66.7 Å². The van der Waals surface area contributed by atoms with Crippen molar-refractivity contribution in [3.05, 3.63) is 63.6 Å². The number of sulfonamides is 1. The number of hydrogen-bond donors (Lipinski definition) is 1. The lowest BCUT2D eigenvalue weighted by molar-refractivity contribution is -0.141. The molecule has 1 N–H and O–H groups in total. The van der Waals surface area contributed by atoms with Gasteiger partial charge in [0.2, 0.25) is 21.8 Å². The molecule has 0 radical (unpaired) electrons. The third-order valence-electron chi connectivity index (χ3n) is 7.05. The zero-order chi connectivity index (χ0) is 27.9. The molecule has 1 aliphatic carbocycles. The van der Waals surface area contributed by atoms with Crippen molar-refractivity contribution in [3.8, 4) is 0 Å². The van der Waals surface area contributed by atoms with E-state index < -0.39 is 16.1 Å². The lowest BCUT2D eigenvalue weighted by Gasteiger charge is -2.32. The molecule has 0 aromatic heterocycles. The highest BCUT2D eigenvalue weighted by Crippen LogP contribution is 2.31. The Bertz CT molecular complexity index is 1230. The van der Waals surface area contributed by atoms with Gasteiger partial charge in [0.1, 0.15) is 6.04 Å². The maximum Gasteiger partial charge on any atom is 0.242 e. The number of benzene rings is 2.